The zero-order chi connectivity index (χ0) is 30.5. The molecule has 44 heavy (non-hydrogen) atoms. The van der Waals surface area contributed by atoms with Crippen LogP contribution in [-0.2, 0) is 27.2 Å². The third kappa shape index (κ3) is 7.67. The summed E-state index contributed by atoms with van der Waals surface area (Å²) in [7, 11) is 0. The van der Waals surface area contributed by atoms with Crippen molar-refractivity contribution in [3.63, 3.8) is 0 Å². The summed E-state index contributed by atoms with van der Waals surface area (Å²) in [6.07, 6.45) is 1.93. The van der Waals surface area contributed by atoms with Crippen LogP contribution in [-0.4, -0.2) is 78.0 Å². The maximum absolute atomic E-state index is 12.6. The molecule has 1 aliphatic heterocycles. The van der Waals surface area contributed by atoms with Gasteiger partial charge in [-0.1, -0.05) is 42.5 Å². The molecule has 236 valence electrons. The van der Waals surface area contributed by atoms with E-state index in [1.54, 1.807) is 17.4 Å². The van der Waals surface area contributed by atoms with Crippen LogP contribution in [0.25, 0.3) is 0 Å². The van der Waals surface area contributed by atoms with Crippen LogP contribution < -0.4 is 0 Å². The van der Waals surface area contributed by atoms with Crippen LogP contribution in [0.2, 0.25) is 0 Å². The summed E-state index contributed by atoms with van der Waals surface area (Å²) in [5.41, 5.74) is 2.54. The Labute approximate surface area is 278 Å². The van der Waals surface area contributed by atoms with Crippen molar-refractivity contribution >= 4 is 52.3 Å². The highest BCUT2D eigenvalue weighted by molar-refractivity contribution is 8.02. The van der Waals surface area contributed by atoms with E-state index in [9.17, 15) is 9.90 Å². The summed E-state index contributed by atoms with van der Waals surface area (Å²) in [6.45, 7) is 5.26. The Bertz CT molecular complexity index is 1390. The number of carbonyl (C=O) groups is 1. The Morgan fingerprint density at radius 2 is 1.89 bits per heavy atom. The van der Waals surface area contributed by atoms with E-state index < -0.39 is 6.10 Å². The quantitative estimate of drug-likeness (QED) is 0.158. The van der Waals surface area contributed by atoms with Crippen LogP contribution in [0.15, 0.2) is 70.9 Å². The molecule has 2 aliphatic carbocycles. The summed E-state index contributed by atoms with van der Waals surface area (Å²) in [6, 6.07) is 21.7. The molecule has 3 aliphatic rings. The van der Waals surface area contributed by atoms with Gasteiger partial charge in [0, 0.05) is 41.6 Å². The number of esters is 1. The van der Waals surface area contributed by atoms with E-state index in [1.165, 1.54) is 4.21 Å². The maximum Gasteiger partial charge on any atom is 0.338 e. The highest BCUT2D eigenvalue weighted by Crippen LogP contribution is 2.69. The highest BCUT2D eigenvalue weighted by atomic mass is 35.5. The minimum absolute atomic E-state index is 0.0580. The molecule has 10 heteroatoms. The molecule has 6 atom stereocenters. The Kier molecular flexibility index (Phi) is 10.9. The summed E-state index contributed by atoms with van der Waals surface area (Å²) in [5, 5.41) is 11.0. The topological polar surface area (TPSA) is 68.2 Å². The number of ether oxygens (including phenoxy) is 3. The van der Waals surface area contributed by atoms with E-state index in [4.69, 9.17) is 37.4 Å². The van der Waals surface area contributed by atoms with E-state index in [0.29, 0.717) is 43.6 Å². The minimum Gasteiger partial charge on any atom is -0.461 e. The number of morpholine rings is 1. The number of thiophene rings is 1. The SMILES string of the molecule is O=C(OCCN1CCOCC1)c1cccc(COC[C@H]2CC(Cl)C(Cl)[C@]23C[C@@H]3Sc2ccc(C(O)Cc3ccccc3)s2)c1. The molecule has 2 saturated carbocycles. The molecule has 1 spiro atoms. The van der Waals surface area contributed by atoms with E-state index in [2.05, 4.69) is 11.0 Å². The third-order valence-electron chi connectivity index (χ3n) is 9.03. The fourth-order valence-corrected chi connectivity index (χ4v) is 10.4. The standard InChI is InChI=1S/C34H39Cl2NO5S2/c35-27-19-26(22-41-21-24-7-4-8-25(17-24)33(39)42-16-13-37-11-14-40-15-12-37)34(32(27)36)20-30(34)44-31-10-9-29(43-31)28(38)18-23-5-2-1-3-6-23/h1-10,17,26-28,30,32,38H,11-16,18-22H2/t26-,27?,28?,30+,32?,34-/m1/s1. The van der Waals surface area contributed by atoms with Crippen molar-refractivity contribution in [2.24, 2.45) is 11.3 Å². The Balaban J connectivity index is 0.989. The van der Waals surface area contributed by atoms with E-state index >= 15 is 0 Å². The van der Waals surface area contributed by atoms with E-state index in [1.807, 2.05) is 66.4 Å². The molecule has 2 aromatic carbocycles. The van der Waals surface area contributed by atoms with Gasteiger partial charge in [-0.3, -0.25) is 4.90 Å². The van der Waals surface area contributed by atoms with Gasteiger partial charge in [0.1, 0.15) is 6.61 Å². The summed E-state index contributed by atoms with van der Waals surface area (Å²) >= 11 is 17.2. The molecule has 6 nitrogen and oxygen atoms in total. The van der Waals surface area contributed by atoms with Crippen LogP contribution in [0.1, 0.15) is 45.3 Å². The van der Waals surface area contributed by atoms with Gasteiger partial charge in [-0.05, 0) is 54.2 Å². The van der Waals surface area contributed by atoms with Gasteiger partial charge in [0.25, 0.3) is 0 Å². The normalized spacial score (nSPS) is 27.4. The largest absolute Gasteiger partial charge is 0.461 e. The van der Waals surface area contributed by atoms with Crippen molar-refractivity contribution in [2.75, 3.05) is 46.1 Å². The second kappa shape index (κ2) is 14.9. The zero-order valence-electron chi connectivity index (χ0n) is 24.6. The molecule has 3 unspecified atom stereocenters. The van der Waals surface area contributed by atoms with Crippen molar-refractivity contribution in [1.82, 2.24) is 4.90 Å². The lowest BCUT2D eigenvalue weighted by Gasteiger charge is -2.26. The molecule has 0 radical (unpaired) electrons. The number of hydrogen-bond donors (Lipinski definition) is 1. The van der Waals surface area contributed by atoms with Crippen molar-refractivity contribution in [3.8, 4) is 0 Å². The monoisotopic (exact) mass is 675 g/mol. The fraction of sp³-hybridized carbons (Fsp3) is 0.500. The number of carbonyl (C=O) groups excluding carboxylic acids is 1. The molecule has 0 bridgehead atoms. The first-order chi connectivity index (χ1) is 21.4. The third-order valence-corrected chi connectivity index (χ3v) is 13.1. The van der Waals surface area contributed by atoms with Gasteiger partial charge in [0.2, 0.25) is 0 Å². The summed E-state index contributed by atoms with van der Waals surface area (Å²) in [5.74, 6) is -0.0478. The molecule has 6 rings (SSSR count). The lowest BCUT2D eigenvalue weighted by molar-refractivity contribution is 0.0195. The van der Waals surface area contributed by atoms with Crippen LogP contribution in [0, 0.1) is 11.3 Å². The van der Waals surface area contributed by atoms with Crippen molar-refractivity contribution in [2.45, 2.75) is 52.2 Å². The minimum atomic E-state index is -0.513. The van der Waals surface area contributed by atoms with Gasteiger partial charge in [-0.25, -0.2) is 4.79 Å². The molecular weight excluding hydrogens is 637 g/mol. The van der Waals surface area contributed by atoms with Crippen molar-refractivity contribution < 1.29 is 24.1 Å². The number of nitrogens with zero attached hydrogens (tertiary/aromatic N) is 1. The molecular formula is C34H39Cl2NO5S2. The van der Waals surface area contributed by atoms with Gasteiger partial charge in [-0.2, -0.15) is 0 Å². The molecule has 0 amide bonds. The maximum atomic E-state index is 12.6. The second-order valence-electron chi connectivity index (χ2n) is 11.9. The second-order valence-corrected chi connectivity index (χ2v) is 15.6. The highest BCUT2D eigenvalue weighted by Gasteiger charge is 2.68. The average Bonchev–Trinajstić information content (AvgIpc) is 3.46. The molecule has 2 heterocycles. The van der Waals surface area contributed by atoms with Gasteiger partial charge in [0.05, 0.1) is 53.1 Å². The Morgan fingerprint density at radius 3 is 2.70 bits per heavy atom. The number of benzene rings is 2. The molecule has 1 N–H and O–H groups in total. The summed E-state index contributed by atoms with van der Waals surface area (Å²) in [4.78, 5) is 15.9. The van der Waals surface area contributed by atoms with E-state index in [0.717, 1.165) is 55.1 Å². The average molecular weight is 677 g/mol. The van der Waals surface area contributed by atoms with Crippen LogP contribution in [0.3, 0.4) is 0 Å². The summed E-state index contributed by atoms with van der Waals surface area (Å²) < 4.78 is 18.3. The number of halogens is 2. The molecule has 1 aromatic heterocycles. The van der Waals surface area contributed by atoms with Crippen LogP contribution >= 0.6 is 46.3 Å². The van der Waals surface area contributed by atoms with Crippen molar-refractivity contribution in [3.05, 3.63) is 88.3 Å². The Morgan fingerprint density at radius 1 is 1.09 bits per heavy atom. The van der Waals surface area contributed by atoms with Crippen molar-refractivity contribution in [1.29, 1.82) is 0 Å². The lowest BCUT2D eigenvalue weighted by atomic mass is 9.93. The zero-order valence-corrected chi connectivity index (χ0v) is 27.8. The van der Waals surface area contributed by atoms with Gasteiger partial charge < -0.3 is 19.3 Å². The van der Waals surface area contributed by atoms with Gasteiger partial charge >= 0.3 is 5.97 Å². The smallest absolute Gasteiger partial charge is 0.338 e. The van der Waals surface area contributed by atoms with Gasteiger partial charge in [-0.15, -0.1) is 46.3 Å². The number of rotatable bonds is 13. The van der Waals surface area contributed by atoms with Crippen LogP contribution in [0.5, 0.6) is 0 Å². The predicted molar refractivity (Wildman–Crippen MR) is 177 cm³/mol. The number of alkyl halides is 2. The predicted octanol–water partition coefficient (Wildman–Crippen LogP) is 6.82. The molecule has 1 saturated heterocycles. The first-order valence-electron chi connectivity index (χ1n) is 15.3. The number of hydrogen-bond acceptors (Lipinski definition) is 8. The fourth-order valence-electron chi connectivity index (χ4n) is 6.47. The van der Waals surface area contributed by atoms with E-state index in [-0.39, 0.29) is 28.1 Å². The molecule has 3 fully saturated rings. The number of thioether (sulfide) groups is 1. The van der Waals surface area contributed by atoms with Gasteiger partial charge in [0.15, 0.2) is 0 Å². The lowest BCUT2D eigenvalue weighted by Crippen LogP contribution is -2.38. The molecule has 3 aromatic rings. The number of aliphatic hydroxyl groups excluding tert-OH is 1. The first kappa shape index (κ1) is 32.3. The number of aliphatic hydroxyl groups is 1. The Hall–Kier alpha value is -1.62. The first-order valence-corrected chi connectivity index (χ1v) is 17.9. The van der Waals surface area contributed by atoms with Crippen LogP contribution in [0.4, 0.5) is 0 Å².